The fourth-order valence-electron chi connectivity index (χ4n) is 4.03. The number of rotatable bonds is 5. The van der Waals surface area contributed by atoms with Crippen molar-refractivity contribution in [3.05, 3.63) is 77.8 Å². The molecule has 5 rings (SSSR count). The minimum Gasteiger partial charge on any atom is -0.319 e. The number of hydrogen-bond acceptors (Lipinski definition) is 4. The molecule has 0 aliphatic carbocycles. The molecule has 1 amide bonds. The van der Waals surface area contributed by atoms with Gasteiger partial charge in [0.05, 0.1) is 23.1 Å². The lowest BCUT2D eigenvalue weighted by molar-refractivity contribution is 0.102. The lowest BCUT2D eigenvalue weighted by Crippen LogP contribution is -2.19. The standard InChI is InChI=1S/C24H21F2N5O/c25-20-5-3-4-18(22(20)26)15-6-9-21-19(12-15)23(30-29-21)24(32)28-16-7-8-17(27-13-16)14-31-10-1-2-11-31/h3-9,12-13H,1-2,10-11,14H2,(H,28,32)(H,29,30). The largest absolute Gasteiger partial charge is 0.319 e. The van der Waals surface area contributed by atoms with Gasteiger partial charge in [-0.05, 0) is 61.8 Å². The number of amides is 1. The monoisotopic (exact) mass is 433 g/mol. The molecular formula is C24H21F2N5O. The molecule has 0 atom stereocenters. The van der Waals surface area contributed by atoms with E-state index in [2.05, 4.69) is 25.4 Å². The number of fused-ring (bicyclic) bond motifs is 1. The maximum absolute atomic E-state index is 14.2. The number of anilines is 1. The molecule has 6 nitrogen and oxygen atoms in total. The van der Waals surface area contributed by atoms with Crippen LogP contribution < -0.4 is 5.32 Å². The van der Waals surface area contributed by atoms with Crippen molar-refractivity contribution in [1.82, 2.24) is 20.1 Å². The van der Waals surface area contributed by atoms with Gasteiger partial charge in [-0.15, -0.1) is 0 Å². The van der Waals surface area contributed by atoms with Crippen molar-refractivity contribution >= 4 is 22.5 Å². The van der Waals surface area contributed by atoms with Gasteiger partial charge in [0.15, 0.2) is 17.3 Å². The molecule has 2 aromatic carbocycles. The van der Waals surface area contributed by atoms with Gasteiger partial charge in [-0.2, -0.15) is 5.10 Å². The Bertz CT molecular complexity index is 1280. The zero-order valence-corrected chi connectivity index (χ0v) is 17.2. The molecule has 8 heteroatoms. The SMILES string of the molecule is O=C(Nc1ccc(CN2CCCC2)nc1)c1n[nH]c2ccc(-c3cccc(F)c3F)cc12. The molecule has 162 valence electrons. The summed E-state index contributed by atoms with van der Waals surface area (Å²) in [5, 5.41) is 10.3. The van der Waals surface area contributed by atoms with E-state index in [9.17, 15) is 13.6 Å². The molecule has 1 aliphatic rings. The van der Waals surface area contributed by atoms with Crippen molar-refractivity contribution in [3.8, 4) is 11.1 Å². The lowest BCUT2D eigenvalue weighted by Gasteiger charge is -2.13. The Morgan fingerprint density at radius 2 is 1.94 bits per heavy atom. The van der Waals surface area contributed by atoms with Crippen molar-refractivity contribution < 1.29 is 13.6 Å². The van der Waals surface area contributed by atoms with E-state index in [1.165, 1.54) is 25.0 Å². The number of nitrogens with zero attached hydrogens (tertiary/aromatic N) is 3. The van der Waals surface area contributed by atoms with Crippen LogP contribution in [0.2, 0.25) is 0 Å². The molecular weight excluding hydrogens is 412 g/mol. The van der Waals surface area contributed by atoms with Gasteiger partial charge in [0.1, 0.15) is 0 Å². The first-order chi connectivity index (χ1) is 15.6. The third-order valence-electron chi connectivity index (χ3n) is 5.71. The minimum atomic E-state index is -0.929. The van der Waals surface area contributed by atoms with Crippen LogP contribution in [0.1, 0.15) is 29.0 Å². The van der Waals surface area contributed by atoms with Crippen LogP contribution in [0.4, 0.5) is 14.5 Å². The summed E-state index contributed by atoms with van der Waals surface area (Å²) in [5.74, 6) is -2.27. The Kier molecular flexibility index (Phi) is 5.36. The van der Waals surface area contributed by atoms with Gasteiger partial charge in [0.25, 0.3) is 5.91 Å². The summed E-state index contributed by atoms with van der Waals surface area (Å²) < 4.78 is 27.9. The number of benzene rings is 2. The average molecular weight is 433 g/mol. The van der Waals surface area contributed by atoms with Crippen molar-refractivity contribution in [2.75, 3.05) is 18.4 Å². The first-order valence-electron chi connectivity index (χ1n) is 10.5. The number of hydrogen-bond donors (Lipinski definition) is 2. The first-order valence-corrected chi connectivity index (χ1v) is 10.5. The molecule has 4 aromatic rings. The Balaban J connectivity index is 1.37. The lowest BCUT2D eigenvalue weighted by atomic mass is 10.0. The van der Waals surface area contributed by atoms with Crippen LogP contribution in [0.5, 0.6) is 0 Å². The zero-order valence-electron chi connectivity index (χ0n) is 17.2. The Hall–Kier alpha value is -3.65. The van der Waals surface area contributed by atoms with E-state index in [0.29, 0.717) is 22.2 Å². The van der Waals surface area contributed by atoms with Gasteiger partial charge < -0.3 is 5.32 Å². The molecule has 2 N–H and O–H groups in total. The van der Waals surface area contributed by atoms with Crippen LogP contribution in [0.15, 0.2) is 54.7 Å². The third kappa shape index (κ3) is 3.97. The number of H-pyrrole nitrogens is 1. The molecule has 32 heavy (non-hydrogen) atoms. The highest BCUT2D eigenvalue weighted by atomic mass is 19.2. The second-order valence-electron chi connectivity index (χ2n) is 7.91. The average Bonchev–Trinajstić information content (AvgIpc) is 3.46. The zero-order chi connectivity index (χ0) is 22.1. The molecule has 0 bridgehead atoms. The number of aromatic amines is 1. The highest BCUT2D eigenvalue weighted by Crippen LogP contribution is 2.28. The van der Waals surface area contributed by atoms with Crippen molar-refractivity contribution in [2.24, 2.45) is 0 Å². The Labute approximate surface area is 183 Å². The summed E-state index contributed by atoms with van der Waals surface area (Å²) in [6.45, 7) is 2.99. The molecule has 1 saturated heterocycles. The van der Waals surface area contributed by atoms with Gasteiger partial charge in [-0.3, -0.25) is 19.8 Å². The number of carbonyl (C=O) groups excluding carboxylic acids is 1. The summed E-state index contributed by atoms with van der Waals surface area (Å²) in [4.78, 5) is 19.7. The molecule has 0 radical (unpaired) electrons. The molecule has 3 heterocycles. The predicted octanol–water partition coefficient (Wildman–Crippen LogP) is 4.75. The molecule has 2 aromatic heterocycles. The second kappa shape index (κ2) is 8.47. The number of likely N-dealkylation sites (tertiary alicyclic amines) is 1. The maximum Gasteiger partial charge on any atom is 0.276 e. The van der Waals surface area contributed by atoms with Gasteiger partial charge in [-0.1, -0.05) is 18.2 Å². The third-order valence-corrected chi connectivity index (χ3v) is 5.71. The summed E-state index contributed by atoms with van der Waals surface area (Å²) in [7, 11) is 0. The number of halogens is 2. The van der Waals surface area contributed by atoms with Crippen molar-refractivity contribution in [2.45, 2.75) is 19.4 Å². The maximum atomic E-state index is 14.2. The predicted molar refractivity (Wildman–Crippen MR) is 118 cm³/mol. The van der Waals surface area contributed by atoms with Crippen LogP contribution >= 0.6 is 0 Å². The highest BCUT2D eigenvalue weighted by Gasteiger charge is 2.17. The number of nitrogens with one attached hydrogen (secondary N) is 2. The van der Waals surface area contributed by atoms with Gasteiger partial charge in [0.2, 0.25) is 0 Å². The van der Waals surface area contributed by atoms with E-state index in [1.54, 1.807) is 24.4 Å². The van der Waals surface area contributed by atoms with Crippen LogP contribution in [0.3, 0.4) is 0 Å². The summed E-state index contributed by atoms with van der Waals surface area (Å²) in [6.07, 6.45) is 4.07. The molecule has 0 saturated carbocycles. The Morgan fingerprint density at radius 1 is 1.09 bits per heavy atom. The van der Waals surface area contributed by atoms with Crippen molar-refractivity contribution in [3.63, 3.8) is 0 Å². The van der Waals surface area contributed by atoms with Crippen molar-refractivity contribution in [1.29, 1.82) is 0 Å². The molecule has 1 aliphatic heterocycles. The summed E-state index contributed by atoms with van der Waals surface area (Å²) in [5.41, 5.74) is 2.88. The highest BCUT2D eigenvalue weighted by molar-refractivity contribution is 6.11. The van der Waals surface area contributed by atoms with Crippen LogP contribution in [0, 0.1) is 11.6 Å². The molecule has 1 fully saturated rings. The van der Waals surface area contributed by atoms with E-state index in [4.69, 9.17) is 0 Å². The normalized spacial score (nSPS) is 14.2. The first kappa shape index (κ1) is 20.3. The Morgan fingerprint density at radius 3 is 2.72 bits per heavy atom. The second-order valence-corrected chi connectivity index (χ2v) is 7.91. The number of pyridine rings is 1. The van der Waals surface area contributed by atoms with E-state index < -0.39 is 17.5 Å². The van der Waals surface area contributed by atoms with Gasteiger partial charge in [0, 0.05) is 17.5 Å². The summed E-state index contributed by atoms with van der Waals surface area (Å²) >= 11 is 0. The van der Waals surface area contributed by atoms with Crippen LogP contribution in [-0.4, -0.2) is 39.1 Å². The number of carbonyl (C=O) groups is 1. The van der Waals surface area contributed by atoms with Crippen LogP contribution in [0.25, 0.3) is 22.0 Å². The quantitative estimate of drug-likeness (QED) is 0.476. The van der Waals surface area contributed by atoms with E-state index >= 15 is 0 Å². The fourth-order valence-corrected chi connectivity index (χ4v) is 4.03. The number of aromatic nitrogens is 3. The van der Waals surface area contributed by atoms with Crippen LogP contribution in [-0.2, 0) is 6.54 Å². The molecule has 0 spiro atoms. The van der Waals surface area contributed by atoms with E-state index in [-0.39, 0.29) is 11.3 Å². The minimum absolute atomic E-state index is 0.122. The van der Waals surface area contributed by atoms with E-state index in [1.807, 2.05) is 12.1 Å². The fraction of sp³-hybridized carbons (Fsp3) is 0.208. The van der Waals surface area contributed by atoms with E-state index in [0.717, 1.165) is 31.4 Å². The van der Waals surface area contributed by atoms with Gasteiger partial charge in [-0.25, -0.2) is 8.78 Å². The molecule has 0 unspecified atom stereocenters. The topological polar surface area (TPSA) is 73.9 Å². The summed E-state index contributed by atoms with van der Waals surface area (Å²) in [6, 6.07) is 12.7. The smallest absolute Gasteiger partial charge is 0.276 e. The van der Waals surface area contributed by atoms with Gasteiger partial charge >= 0.3 is 0 Å².